The molecule has 1 aromatic carbocycles. The van der Waals surface area contributed by atoms with Crippen LogP contribution >= 0.6 is 0 Å². The normalized spacial score (nSPS) is 12.2. The fourth-order valence-electron chi connectivity index (χ4n) is 1.18. The molecular weight excluding hydrogens is 214 g/mol. The van der Waals surface area contributed by atoms with Gasteiger partial charge in [0.2, 0.25) is 5.91 Å². The van der Waals surface area contributed by atoms with E-state index in [2.05, 4.69) is 5.32 Å². The van der Waals surface area contributed by atoms with Crippen molar-refractivity contribution in [2.45, 2.75) is 13.5 Å². The molecule has 0 aliphatic rings. The first kappa shape index (κ1) is 12.6. The molecule has 0 bridgehead atoms. The Morgan fingerprint density at radius 3 is 2.44 bits per heavy atom. The molecular formula is C11H14F2N2O. The molecule has 1 atom stereocenters. The van der Waals surface area contributed by atoms with Crippen molar-refractivity contribution < 1.29 is 13.6 Å². The number of carbonyl (C=O) groups is 1. The van der Waals surface area contributed by atoms with E-state index in [0.717, 1.165) is 6.07 Å². The summed E-state index contributed by atoms with van der Waals surface area (Å²) in [6.45, 7) is 2.02. The van der Waals surface area contributed by atoms with Crippen LogP contribution in [0.3, 0.4) is 0 Å². The van der Waals surface area contributed by atoms with Crippen molar-refractivity contribution in [3.63, 3.8) is 0 Å². The molecule has 1 aromatic rings. The van der Waals surface area contributed by atoms with Crippen LogP contribution in [0.4, 0.5) is 8.78 Å². The lowest BCUT2D eigenvalue weighted by molar-refractivity contribution is -0.124. The van der Waals surface area contributed by atoms with Gasteiger partial charge in [0.1, 0.15) is 11.6 Å². The van der Waals surface area contributed by atoms with E-state index in [1.165, 1.54) is 12.1 Å². The number of halogens is 2. The second-order valence-corrected chi connectivity index (χ2v) is 3.63. The van der Waals surface area contributed by atoms with Gasteiger partial charge in [-0.2, -0.15) is 0 Å². The third-order valence-corrected chi connectivity index (χ3v) is 2.19. The third-order valence-electron chi connectivity index (χ3n) is 2.19. The topological polar surface area (TPSA) is 55.1 Å². The Kier molecular flexibility index (Phi) is 4.37. The van der Waals surface area contributed by atoms with Gasteiger partial charge in [-0.3, -0.25) is 4.79 Å². The standard InChI is InChI=1S/C11H14F2N2O/c1-7(5-14)11(16)15-6-8-2-9(12)4-10(13)3-8/h2-4,7H,5-6,14H2,1H3,(H,15,16). The highest BCUT2D eigenvalue weighted by atomic mass is 19.1. The van der Waals surface area contributed by atoms with Gasteiger partial charge in [-0.05, 0) is 17.7 Å². The van der Waals surface area contributed by atoms with Gasteiger partial charge in [0.15, 0.2) is 0 Å². The molecule has 0 aromatic heterocycles. The van der Waals surface area contributed by atoms with Crippen LogP contribution in [-0.2, 0) is 11.3 Å². The summed E-state index contributed by atoms with van der Waals surface area (Å²) in [4.78, 5) is 11.3. The van der Waals surface area contributed by atoms with Gasteiger partial charge in [0, 0.05) is 25.1 Å². The highest BCUT2D eigenvalue weighted by Gasteiger charge is 2.10. The van der Waals surface area contributed by atoms with Crippen molar-refractivity contribution in [3.8, 4) is 0 Å². The molecule has 0 heterocycles. The Labute approximate surface area is 92.6 Å². The van der Waals surface area contributed by atoms with E-state index in [1.807, 2.05) is 0 Å². The molecule has 1 unspecified atom stereocenters. The second kappa shape index (κ2) is 5.55. The van der Waals surface area contributed by atoms with E-state index in [-0.39, 0.29) is 24.9 Å². The summed E-state index contributed by atoms with van der Waals surface area (Å²) >= 11 is 0. The van der Waals surface area contributed by atoms with Gasteiger partial charge in [0.25, 0.3) is 0 Å². The van der Waals surface area contributed by atoms with Gasteiger partial charge in [0.05, 0.1) is 0 Å². The van der Waals surface area contributed by atoms with Crippen LogP contribution in [0, 0.1) is 17.6 Å². The number of rotatable bonds is 4. The highest BCUT2D eigenvalue weighted by Crippen LogP contribution is 2.07. The van der Waals surface area contributed by atoms with Crippen LogP contribution in [0.1, 0.15) is 12.5 Å². The molecule has 0 radical (unpaired) electrons. The first-order valence-electron chi connectivity index (χ1n) is 4.95. The van der Waals surface area contributed by atoms with Gasteiger partial charge in [-0.1, -0.05) is 6.92 Å². The molecule has 0 fully saturated rings. The van der Waals surface area contributed by atoms with E-state index >= 15 is 0 Å². The second-order valence-electron chi connectivity index (χ2n) is 3.63. The molecule has 5 heteroatoms. The maximum atomic E-state index is 12.8. The van der Waals surface area contributed by atoms with E-state index in [0.29, 0.717) is 5.56 Å². The van der Waals surface area contributed by atoms with E-state index in [1.54, 1.807) is 6.92 Å². The van der Waals surface area contributed by atoms with Gasteiger partial charge in [-0.15, -0.1) is 0 Å². The monoisotopic (exact) mass is 228 g/mol. The molecule has 3 N–H and O–H groups in total. The van der Waals surface area contributed by atoms with E-state index in [9.17, 15) is 13.6 Å². The summed E-state index contributed by atoms with van der Waals surface area (Å²) in [5.74, 6) is -1.85. The summed E-state index contributed by atoms with van der Waals surface area (Å²) in [5, 5.41) is 2.55. The Morgan fingerprint density at radius 2 is 1.94 bits per heavy atom. The number of hydrogen-bond donors (Lipinski definition) is 2. The van der Waals surface area contributed by atoms with Crippen molar-refractivity contribution in [2.24, 2.45) is 11.7 Å². The number of amides is 1. The molecule has 1 rings (SSSR count). The predicted molar refractivity (Wildman–Crippen MR) is 56.4 cm³/mol. The zero-order chi connectivity index (χ0) is 12.1. The number of nitrogens with one attached hydrogen (secondary N) is 1. The lowest BCUT2D eigenvalue weighted by atomic mass is 10.1. The first-order valence-corrected chi connectivity index (χ1v) is 4.95. The summed E-state index contributed by atoms with van der Waals surface area (Å²) in [5.41, 5.74) is 5.69. The summed E-state index contributed by atoms with van der Waals surface area (Å²) in [6, 6.07) is 3.14. The number of benzene rings is 1. The quantitative estimate of drug-likeness (QED) is 0.813. The average Bonchev–Trinajstić information content (AvgIpc) is 2.23. The Balaban J connectivity index is 2.58. The molecule has 0 saturated heterocycles. The van der Waals surface area contributed by atoms with Gasteiger partial charge < -0.3 is 11.1 Å². The van der Waals surface area contributed by atoms with Gasteiger partial charge >= 0.3 is 0 Å². The summed E-state index contributed by atoms with van der Waals surface area (Å²) in [7, 11) is 0. The smallest absolute Gasteiger partial charge is 0.224 e. The minimum atomic E-state index is -0.656. The van der Waals surface area contributed by atoms with Crippen LogP contribution in [-0.4, -0.2) is 12.5 Å². The number of nitrogens with two attached hydrogens (primary N) is 1. The SMILES string of the molecule is CC(CN)C(=O)NCc1cc(F)cc(F)c1. The van der Waals surface area contributed by atoms with Crippen LogP contribution in [0.15, 0.2) is 18.2 Å². The predicted octanol–water partition coefficient (Wildman–Crippen LogP) is 1.18. The minimum absolute atomic E-state index is 0.0951. The average molecular weight is 228 g/mol. The maximum Gasteiger partial charge on any atom is 0.224 e. The molecule has 16 heavy (non-hydrogen) atoms. The lowest BCUT2D eigenvalue weighted by Crippen LogP contribution is -2.32. The Morgan fingerprint density at radius 1 is 1.38 bits per heavy atom. The molecule has 0 aliphatic heterocycles. The van der Waals surface area contributed by atoms with Crippen molar-refractivity contribution in [1.82, 2.24) is 5.32 Å². The highest BCUT2D eigenvalue weighted by molar-refractivity contribution is 5.78. The molecule has 1 amide bonds. The van der Waals surface area contributed by atoms with E-state index in [4.69, 9.17) is 5.73 Å². The number of carbonyl (C=O) groups excluding carboxylic acids is 1. The van der Waals surface area contributed by atoms with Crippen LogP contribution in [0.2, 0.25) is 0 Å². The Hall–Kier alpha value is -1.49. The first-order chi connectivity index (χ1) is 7.52. The van der Waals surface area contributed by atoms with Crippen molar-refractivity contribution in [2.75, 3.05) is 6.54 Å². The van der Waals surface area contributed by atoms with Crippen molar-refractivity contribution in [1.29, 1.82) is 0 Å². The zero-order valence-corrected chi connectivity index (χ0v) is 8.97. The lowest BCUT2D eigenvalue weighted by Gasteiger charge is -2.09. The molecule has 0 saturated carbocycles. The maximum absolute atomic E-state index is 12.8. The van der Waals surface area contributed by atoms with Crippen LogP contribution in [0.5, 0.6) is 0 Å². The molecule has 88 valence electrons. The summed E-state index contributed by atoms with van der Waals surface area (Å²) in [6.07, 6.45) is 0. The Bertz CT molecular complexity index is 362. The minimum Gasteiger partial charge on any atom is -0.352 e. The largest absolute Gasteiger partial charge is 0.352 e. The fourth-order valence-corrected chi connectivity index (χ4v) is 1.18. The molecule has 0 aliphatic carbocycles. The third kappa shape index (κ3) is 3.58. The van der Waals surface area contributed by atoms with Crippen molar-refractivity contribution in [3.05, 3.63) is 35.4 Å². The molecule has 0 spiro atoms. The summed E-state index contributed by atoms with van der Waals surface area (Å²) < 4.78 is 25.6. The van der Waals surface area contributed by atoms with Crippen molar-refractivity contribution >= 4 is 5.91 Å². The van der Waals surface area contributed by atoms with Gasteiger partial charge in [-0.25, -0.2) is 8.78 Å². The van der Waals surface area contributed by atoms with Crippen LogP contribution in [0.25, 0.3) is 0 Å². The fraction of sp³-hybridized carbons (Fsp3) is 0.364. The number of hydrogen-bond acceptors (Lipinski definition) is 2. The molecule has 3 nitrogen and oxygen atoms in total. The van der Waals surface area contributed by atoms with E-state index < -0.39 is 11.6 Å². The van der Waals surface area contributed by atoms with Crippen LogP contribution < -0.4 is 11.1 Å². The zero-order valence-electron chi connectivity index (χ0n) is 8.97.